The molecule has 3 rings (SSSR count). The highest BCUT2D eigenvalue weighted by Crippen LogP contribution is 2.24. The van der Waals surface area contributed by atoms with E-state index in [1.165, 1.54) is 6.07 Å². The number of carbonyl (C=O) groups is 2. The van der Waals surface area contributed by atoms with Crippen molar-refractivity contribution in [2.24, 2.45) is 0 Å². The van der Waals surface area contributed by atoms with Crippen molar-refractivity contribution in [2.45, 2.75) is 6.92 Å². The van der Waals surface area contributed by atoms with Gasteiger partial charge in [-0.15, -0.1) is 0 Å². The first-order valence-corrected chi connectivity index (χ1v) is 8.55. The van der Waals surface area contributed by atoms with Gasteiger partial charge in [0.25, 0.3) is 11.8 Å². The number of thiocarbonyl (C=S) groups is 1. The fourth-order valence-electron chi connectivity index (χ4n) is 2.50. The molecule has 136 valence electrons. The van der Waals surface area contributed by atoms with E-state index in [4.69, 9.17) is 12.2 Å². The average molecular weight is 379 g/mol. The molecule has 0 aliphatic heterocycles. The van der Waals surface area contributed by atoms with Gasteiger partial charge in [0.05, 0.1) is 5.56 Å². The number of aromatic hydroxyl groups is 1. The Morgan fingerprint density at radius 2 is 1.52 bits per heavy atom. The van der Waals surface area contributed by atoms with E-state index in [-0.39, 0.29) is 16.4 Å². The molecular weight excluding hydrogens is 362 g/mol. The molecule has 0 saturated heterocycles. The number of hydrazine groups is 1. The molecular formula is C20H17N3O3S. The van der Waals surface area contributed by atoms with Crippen LogP contribution in [0.25, 0.3) is 10.8 Å². The monoisotopic (exact) mass is 379 g/mol. The lowest BCUT2D eigenvalue weighted by Gasteiger charge is -2.12. The fourth-order valence-corrected chi connectivity index (χ4v) is 2.65. The zero-order chi connectivity index (χ0) is 19.4. The number of hydrogen-bond acceptors (Lipinski definition) is 4. The Bertz CT molecular complexity index is 1030. The number of aryl methyl sites for hydroxylation is 1. The largest absolute Gasteiger partial charge is 0.507 e. The zero-order valence-corrected chi connectivity index (χ0v) is 15.3. The van der Waals surface area contributed by atoms with Gasteiger partial charge < -0.3 is 5.11 Å². The zero-order valence-electron chi connectivity index (χ0n) is 14.4. The Balaban J connectivity index is 1.61. The molecule has 3 aromatic carbocycles. The topological polar surface area (TPSA) is 90.5 Å². The van der Waals surface area contributed by atoms with Crippen molar-refractivity contribution >= 4 is 39.9 Å². The first-order chi connectivity index (χ1) is 12.9. The summed E-state index contributed by atoms with van der Waals surface area (Å²) in [5.41, 5.74) is 6.40. The summed E-state index contributed by atoms with van der Waals surface area (Å²) >= 11 is 5.01. The first kappa shape index (κ1) is 18.3. The van der Waals surface area contributed by atoms with Crippen molar-refractivity contribution in [3.05, 3.63) is 77.4 Å². The summed E-state index contributed by atoms with van der Waals surface area (Å²) in [6, 6.07) is 17.4. The number of fused-ring (bicyclic) bond motifs is 1. The van der Waals surface area contributed by atoms with Crippen molar-refractivity contribution in [2.75, 3.05) is 0 Å². The van der Waals surface area contributed by atoms with Crippen LogP contribution in [0.5, 0.6) is 5.75 Å². The van der Waals surface area contributed by atoms with Gasteiger partial charge in [-0.1, -0.05) is 42.0 Å². The van der Waals surface area contributed by atoms with Crippen molar-refractivity contribution in [3.8, 4) is 5.75 Å². The molecule has 0 unspecified atom stereocenters. The minimum absolute atomic E-state index is 0.0609. The van der Waals surface area contributed by atoms with Gasteiger partial charge in [0.1, 0.15) is 5.75 Å². The van der Waals surface area contributed by atoms with Gasteiger partial charge in [-0.3, -0.25) is 25.8 Å². The molecule has 7 heteroatoms. The summed E-state index contributed by atoms with van der Waals surface area (Å²) in [7, 11) is 0. The lowest BCUT2D eigenvalue weighted by Crippen LogP contribution is -2.48. The van der Waals surface area contributed by atoms with E-state index in [0.29, 0.717) is 5.56 Å². The highest BCUT2D eigenvalue weighted by Gasteiger charge is 2.13. The Morgan fingerprint density at radius 1 is 0.889 bits per heavy atom. The molecule has 0 fully saturated rings. The van der Waals surface area contributed by atoms with Crippen molar-refractivity contribution < 1.29 is 14.7 Å². The number of rotatable bonds is 2. The van der Waals surface area contributed by atoms with Gasteiger partial charge in [0.2, 0.25) is 0 Å². The Labute approximate surface area is 161 Å². The number of phenolic OH excluding ortho intramolecular Hbond substituents is 1. The van der Waals surface area contributed by atoms with Crippen LogP contribution in [-0.4, -0.2) is 22.0 Å². The van der Waals surface area contributed by atoms with Gasteiger partial charge in [-0.2, -0.15) is 0 Å². The summed E-state index contributed by atoms with van der Waals surface area (Å²) in [6.45, 7) is 1.92. The molecule has 0 aromatic heterocycles. The maximum atomic E-state index is 12.3. The minimum atomic E-state index is -0.579. The summed E-state index contributed by atoms with van der Waals surface area (Å²) in [4.78, 5) is 24.4. The lowest BCUT2D eigenvalue weighted by molar-refractivity contribution is 0.0932. The molecule has 27 heavy (non-hydrogen) atoms. The SMILES string of the molecule is Cc1ccc(C(=O)NC(=S)NNC(=O)c2cc3ccccc3cc2O)cc1. The maximum Gasteiger partial charge on any atom is 0.273 e. The molecule has 0 atom stereocenters. The van der Waals surface area contributed by atoms with Crippen LogP contribution in [0, 0.1) is 6.92 Å². The third-order valence-electron chi connectivity index (χ3n) is 3.94. The summed E-state index contributed by atoms with van der Waals surface area (Å²) < 4.78 is 0. The van der Waals surface area contributed by atoms with E-state index in [9.17, 15) is 14.7 Å². The lowest BCUT2D eigenvalue weighted by atomic mass is 10.1. The van der Waals surface area contributed by atoms with E-state index >= 15 is 0 Å². The summed E-state index contributed by atoms with van der Waals surface area (Å²) in [6.07, 6.45) is 0. The van der Waals surface area contributed by atoms with Crippen LogP contribution in [0.2, 0.25) is 0 Å². The molecule has 3 aromatic rings. The number of nitrogens with one attached hydrogen (secondary N) is 3. The average Bonchev–Trinajstić information content (AvgIpc) is 2.66. The number of carbonyl (C=O) groups excluding carboxylic acids is 2. The molecule has 0 bridgehead atoms. The van der Waals surface area contributed by atoms with Crippen LogP contribution >= 0.6 is 12.2 Å². The smallest absolute Gasteiger partial charge is 0.273 e. The first-order valence-electron chi connectivity index (χ1n) is 8.14. The second-order valence-electron chi connectivity index (χ2n) is 5.94. The van der Waals surface area contributed by atoms with Crippen LogP contribution in [0.15, 0.2) is 60.7 Å². The second kappa shape index (κ2) is 7.84. The van der Waals surface area contributed by atoms with Gasteiger partial charge in [0.15, 0.2) is 5.11 Å². The predicted molar refractivity (Wildman–Crippen MR) is 107 cm³/mol. The summed E-state index contributed by atoms with van der Waals surface area (Å²) in [5.74, 6) is -1.12. The van der Waals surface area contributed by atoms with E-state index < -0.39 is 11.8 Å². The third-order valence-corrected chi connectivity index (χ3v) is 4.14. The minimum Gasteiger partial charge on any atom is -0.507 e. The number of amides is 2. The Morgan fingerprint density at radius 3 is 2.19 bits per heavy atom. The van der Waals surface area contributed by atoms with E-state index in [0.717, 1.165) is 16.3 Å². The quantitative estimate of drug-likeness (QED) is 0.406. The van der Waals surface area contributed by atoms with Gasteiger partial charge >= 0.3 is 0 Å². The second-order valence-corrected chi connectivity index (χ2v) is 6.35. The van der Waals surface area contributed by atoms with Crippen molar-refractivity contribution in [1.29, 1.82) is 0 Å². The Hall–Kier alpha value is -3.45. The molecule has 0 heterocycles. The van der Waals surface area contributed by atoms with Crippen LogP contribution in [0.1, 0.15) is 26.3 Å². The molecule has 0 radical (unpaired) electrons. The van der Waals surface area contributed by atoms with Crippen LogP contribution in [-0.2, 0) is 0 Å². The molecule has 0 spiro atoms. The highest BCUT2D eigenvalue weighted by atomic mass is 32.1. The number of hydrogen-bond donors (Lipinski definition) is 4. The fraction of sp³-hybridized carbons (Fsp3) is 0.0500. The molecule has 4 N–H and O–H groups in total. The molecule has 6 nitrogen and oxygen atoms in total. The van der Waals surface area contributed by atoms with E-state index in [1.54, 1.807) is 18.2 Å². The van der Waals surface area contributed by atoms with E-state index in [2.05, 4.69) is 16.2 Å². The highest BCUT2D eigenvalue weighted by molar-refractivity contribution is 7.80. The van der Waals surface area contributed by atoms with Crippen LogP contribution < -0.4 is 16.2 Å². The van der Waals surface area contributed by atoms with Crippen molar-refractivity contribution in [1.82, 2.24) is 16.2 Å². The number of phenols is 1. The van der Waals surface area contributed by atoms with Gasteiger partial charge in [-0.05, 0) is 54.2 Å². The number of benzene rings is 3. The van der Waals surface area contributed by atoms with Crippen LogP contribution in [0.3, 0.4) is 0 Å². The van der Waals surface area contributed by atoms with E-state index in [1.807, 2.05) is 43.3 Å². The normalized spacial score (nSPS) is 10.3. The molecule has 0 saturated carbocycles. The Kier molecular flexibility index (Phi) is 5.33. The van der Waals surface area contributed by atoms with Gasteiger partial charge in [0, 0.05) is 5.56 Å². The standard InChI is InChI=1S/C20H17N3O3S/c1-12-6-8-13(9-7-12)18(25)21-20(27)23-22-19(26)16-10-14-4-2-3-5-15(14)11-17(16)24/h2-11,24H,1H3,(H,22,26)(H2,21,23,25,27). The predicted octanol–water partition coefficient (Wildman–Crippen LogP) is 2.80. The summed E-state index contributed by atoms with van der Waals surface area (Å²) in [5, 5.41) is 14.1. The third kappa shape index (κ3) is 4.39. The van der Waals surface area contributed by atoms with Crippen LogP contribution in [0.4, 0.5) is 0 Å². The molecule has 0 aliphatic carbocycles. The molecule has 0 aliphatic rings. The van der Waals surface area contributed by atoms with Gasteiger partial charge in [-0.25, -0.2) is 0 Å². The maximum absolute atomic E-state index is 12.3. The van der Waals surface area contributed by atoms with Crippen molar-refractivity contribution in [3.63, 3.8) is 0 Å². The molecule has 2 amide bonds.